The zero-order valence-electron chi connectivity index (χ0n) is 13.9. The summed E-state index contributed by atoms with van der Waals surface area (Å²) >= 11 is 11.8. The molecule has 2 heterocycles. The summed E-state index contributed by atoms with van der Waals surface area (Å²) in [6, 6.07) is 5.39. The second-order valence-electron chi connectivity index (χ2n) is 5.53. The Kier molecular flexibility index (Phi) is 5.75. The topological polar surface area (TPSA) is 109 Å². The number of anilines is 1. The van der Waals surface area contributed by atoms with Gasteiger partial charge in [0.25, 0.3) is 15.9 Å². The fourth-order valence-corrected chi connectivity index (χ4v) is 4.31. The average molecular weight is 432 g/mol. The van der Waals surface area contributed by atoms with Gasteiger partial charge in [-0.15, -0.1) is 0 Å². The number of pyridine rings is 1. The number of halogens is 2. The highest BCUT2D eigenvalue weighted by molar-refractivity contribution is 7.92. The number of aliphatic hydroxyl groups excluding tert-OH is 1. The summed E-state index contributed by atoms with van der Waals surface area (Å²) in [5, 5.41) is 11.6. The fraction of sp³-hybridized carbons (Fsp3) is 0.250. The third-order valence-electron chi connectivity index (χ3n) is 3.77. The highest BCUT2D eigenvalue weighted by atomic mass is 35.5. The summed E-state index contributed by atoms with van der Waals surface area (Å²) in [5.41, 5.74) is 0.283. The van der Waals surface area contributed by atoms with Crippen LogP contribution >= 0.6 is 23.2 Å². The fourth-order valence-electron chi connectivity index (χ4n) is 2.49. The molecule has 0 aliphatic carbocycles. The summed E-state index contributed by atoms with van der Waals surface area (Å²) in [5.74, 6) is -0.389. The van der Waals surface area contributed by atoms with E-state index < -0.39 is 15.9 Å². The minimum atomic E-state index is -3.98. The lowest BCUT2D eigenvalue weighted by atomic mass is 10.2. The molecule has 2 aromatic rings. The molecule has 0 unspecified atom stereocenters. The first kappa shape index (κ1) is 19.7. The number of sulfonamides is 1. The van der Waals surface area contributed by atoms with Gasteiger partial charge in [-0.2, -0.15) is 0 Å². The van der Waals surface area contributed by atoms with E-state index in [1.807, 2.05) is 0 Å². The highest BCUT2D eigenvalue weighted by Gasteiger charge is 2.32. The number of nitrogens with zero attached hydrogens (tertiary/aromatic N) is 2. The van der Waals surface area contributed by atoms with E-state index in [2.05, 4.69) is 10.3 Å². The third kappa shape index (κ3) is 3.96. The lowest BCUT2D eigenvalue weighted by Gasteiger charge is -2.30. The van der Waals surface area contributed by atoms with E-state index in [-0.39, 0.29) is 58.4 Å². The molecule has 1 aliphatic heterocycles. The van der Waals surface area contributed by atoms with Crippen molar-refractivity contribution in [3.63, 3.8) is 0 Å². The van der Waals surface area contributed by atoms with E-state index >= 15 is 0 Å². The molecular weight excluding hydrogens is 417 g/mol. The van der Waals surface area contributed by atoms with Crippen LogP contribution in [0.5, 0.6) is 5.88 Å². The monoisotopic (exact) mass is 431 g/mol. The van der Waals surface area contributed by atoms with Gasteiger partial charge in [0.05, 0.1) is 33.7 Å². The predicted octanol–water partition coefficient (Wildman–Crippen LogP) is 1.70. The minimum Gasteiger partial charge on any atom is -0.474 e. The van der Waals surface area contributed by atoms with Gasteiger partial charge >= 0.3 is 0 Å². The van der Waals surface area contributed by atoms with Crippen molar-refractivity contribution < 1.29 is 23.1 Å². The Morgan fingerprint density at radius 2 is 2.07 bits per heavy atom. The molecule has 1 aromatic carbocycles. The van der Waals surface area contributed by atoms with Crippen LogP contribution in [-0.4, -0.2) is 50.7 Å². The molecule has 27 heavy (non-hydrogen) atoms. The van der Waals surface area contributed by atoms with Crippen LogP contribution in [-0.2, 0) is 10.0 Å². The van der Waals surface area contributed by atoms with Crippen LogP contribution < -0.4 is 14.4 Å². The molecule has 1 aliphatic rings. The summed E-state index contributed by atoms with van der Waals surface area (Å²) in [6.45, 7) is -0.00165. The van der Waals surface area contributed by atoms with Crippen molar-refractivity contribution >= 4 is 44.8 Å². The molecule has 0 radical (unpaired) electrons. The maximum Gasteiger partial charge on any atom is 0.264 e. The van der Waals surface area contributed by atoms with Crippen LogP contribution in [0.25, 0.3) is 0 Å². The first-order valence-electron chi connectivity index (χ1n) is 7.84. The predicted molar refractivity (Wildman–Crippen MR) is 100 cm³/mol. The Balaban J connectivity index is 2.01. The third-order valence-corrected chi connectivity index (χ3v) is 6.32. The number of carbonyl (C=O) groups is 1. The molecular formula is C16H15Cl2N3O5S. The van der Waals surface area contributed by atoms with Crippen molar-refractivity contribution in [2.75, 3.05) is 30.6 Å². The Labute approximate surface area is 165 Å². The average Bonchev–Trinajstić information content (AvgIpc) is 2.67. The van der Waals surface area contributed by atoms with Crippen LogP contribution in [0.2, 0.25) is 10.0 Å². The van der Waals surface area contributed by atoms with Gasteiger partial charge in [0.2, 0.25) is 5.88 Å². The smallest absolute Gasteiger partial charge is 0.264 e. The first-order chi connectivity index (χ1) is 12.8. The number of aromatic nitrogens is 1. The molecule has 11 heteroatoms. The molecule has 1 amide bonds. The molecule has 0 bridgehead atoms. The van der Waals surface area contributed by atoms with Crippen molar-refractivity contribution in [2.45, 2.75) is 4.90 Å². The number of aliphatic hydroxyl groups is 1. The number of benzene rings is 1. The number of hydrogen-bond donors (Lipinski definition) is 2. The Hall–Kier alpha value is -2.07. The maximum absolute atomic E-state index is 13.1. The van der Waals surface area contributed by atoms with E-state index in [1.165, 1.54) is 30.5 Å². The molecule has 0 spiro atoms. The summed E-state index contributed by atoms with van der Waals surface area (Å²) in [6.07, 6.45) is 1.28. The summed E-state index contributed by atoms with van der Waals surface area (Å²) in [7, 11) is -3.98. The summed E-state index contributed by atoms with van der Waals surface area (Å²) < 4.78 is 32.7. The van der Waals surface area contributed by atoms with E-state index in [4.69, 9.17) is 33.0 Å². The van der Waals surface area contributed by atoms with E-state index in [9.17, 15) is 13.2 Å². The largest absolute Gasteiger partial charge is 0.474 e. The van der Waals surface area contributed by atoms with Gasteiger partial charge in [-0.05, 0) is 24.3 Å². The molecule has 144 valence electrons. The molecule has 8 nitrogen and oxygen atoms in total. The molecule has 3 rings (SSSR count). The Bertz CT molecular complexity index is 984. The van der Waals surface area contributed by atoms with Crippen LogP contribution in [0.15, 0.2) is 35.4 Å². The number of nitrogens with one attached hydrogen (secondary N) is 1. The molecule has 0 saturated heterocycles. The van der Waals surface area contributed by atoms with E-state index in [0.717, 1.165) is 4.31 Å². The molecule has 2 N–H and O–H groups in total. The van der Waals surface area contributed by atoms with Gasteiger partial charge in [0.1, 0.15) is 12.3 Å². The van der Waals surface area contributed by atoms with Crippen LogP contribution in [0.1, 0.15) is 10.4 Å². The number of carbonyl (C=O) groups excluding carboxylic acids is 1. The van der Waals surface area contributed by atoms with Gasteiger partial charge in [-0.25, -0.2) is 13.4 Å². The normalized spacial score (nSPS) is 13.7. The SMILES string of the molecule is O=C(NCCO)c1cnc2c(c1)N(S(=O)(=O)c1ccc(Cl)c(Cl)c1)CCO2. The van der Waals surface area contributed by atoms with Gasteiger partial charge in [0.15, 0.2) is 0 Å². The zero-order chi connectivity index (χ0) is 19.6. The van der Waals surface area contributed by atoms with E-state index in [1.54, 1.807) is 0 Å². The molecule has 0 atom stereocenters. The lowest BCUT2D eigenvalue weighted by Crippen LogP contribution is -2.38. The molecule has 0 saturated carbocycles. The van der Waals surface area contributed by atoms with E-state index in [0.29, 0.717) is 0 Å². The number of amides is 1. The minimum absolute atomic E-state index is 0.0406. The number of rotatable bonds is 5. The second-order valence-corrected chi connectivity index (χ2v) is 8.21. The zero-order valence-corrected chi connectivity index (χ0v) is 16.2. The summed E-state index contributed by atoms with van der Waals surface area (Å²) in [4.78, 5) is 16.1. The van der Waals surface area contributed by atoms with Gasteiger partial charge in [-0.3, -0.25) is 9.10 Å². The van der Waals surface area contributed by atoms with Crippen molar-refractivity contribution in [3.8, 4) is 5.88 Å². The quantitative estimate of drug-likeness (QED) is 0.745. The lowest BCUT2D eigenvalue weighted by molar-refractivity contribution is 0.0944. The van der Waals surface area contributed by atoms with Crippen LogP contribution in [0.3, 0.4) is 0 Å². The number of hydrogen-bond acceptors (Lipinski definition) is 6. The number of ether oxygens (including phenoxy) is 1. The van der Waals surface area contributed by atoms with Crippen LogP contribution in [0.4, 0.5) is 5.69 Å². The molecule has 1 aromatic heterocycles. The van der Waals surface area contributed by atoms with Gasteiger partial charge in [-0.1, -0.05) is 23.2 Å². The molecule has 0 fully saturated rings. The van der Waals surface area contributed by atoms with Gasteiger partial charge in [0, 0.05) is 12.7 Å². The van der Waals surface area contributed by atoms with Crippen LogP contribution in [0, 0.1) is 0 Å². The standard InChI is InChI=1S/C16H15Cl2N3O5S/c17-12-2-1-11(8-13(12)18)27(24,25)21-4-6-26-16-14(21)7-10(9-20-16)15(23)19-3-5-22/h1-2,7-9,22H,3-6H2,(H,19,23). The Morgan fingerprint density at radius 3 is 2.78 bits per heavy atom. The van der Waals surface area contributed by atoms with Gasteiger partial charge < -0.3 is 15.2 Å². The van der Waals surface area contributed by atoms with Crippen molar-refractivity contribution in [2.24, 2.45) is 0 Å². The van der Waals surface area contributed by atoms with Crippen molar-refractivity contribution in [1.29, 1.82) is 0 Å². The Morgan fingerprint density at radius 1 is 1.30 bits per heavy atom. The highest BCUT2D eigenvalue weighted by Crippen LogP contribution is 2.35. The first-order valence-corrected chi connectivity index (χ1v) is 10.0. The van der Waals surface area contributed by atoms with Crippen molar-refractivity contribution in [1.82, 2.24) is 10.3 Å². The number of fused-ring (bicyclic) bond motifs is 1. The second kappa shape index (κ2) is 7.89. The maximum atomic E-state index is 13.1. The van der Waals surface area contributed by atoms with Crippen molar-refractivity contribution in [3.05, 3.63) is 46.1 Å².